The molecule has 0 fully saturated rings. The van der Waals surface area contributed by atoms with Crippen LogP contribution in [-0.2, 0) is 25.7 Å². The summed E-state index contributed by atoms with van der Waals surface area (Å²) in [6, 6.07) is 9.54. The van der Waals surface area contributed by atoms with Gasteiger partial charge in [-0.1, -0.05) is 134 Å². The van der Waals surface area contributed by atoms with Crippen molar-refractivity contribution >= 4 is 17.7 Å². The fraction of sp³-hybridized carbons (Fsp3) is 0.719. The summed E-state index contributed by atoms with van der Waals surface area (Å²) in [6.45, 7) is 4.34. The molecule has 0 aliphatic rings. The molecule has 5 heteroatoms. The van der Waals surface area contributed by atoms with Crippen LogP contribution in [0.5, 0.6) is 0 Å². The molecular formula is C32H52O5. The zero-order valence-corrected chi connectivity index (χ0v) is 23.6. The minimum absolute atomic E-state index is 0.0327. The van der Waals surface area contributed by atoms with Crippen LogP contribution in [-0.4, -0.2) is 22.8 Å². The van der Waals surface area contributed by atoms with Gasteiger partial charge >= 0.3 is 11.9 Å². The Hall–Kier alpha value is -2.17. The Balaban J connectivity index is 2.39. The number of hydrogen-bond acceptors (Lipinski definition) is 4. The third-order valence-electron chi connectivity index (χ3n) is 7.32. The van der Waals surface area contributed by atoms with Crippen LogP contribution < -0.4 is 0 Å². The standard InChI is InChI=1S/C32H52O5/c1-3-5-6-7-8-9-10-11-12-13-14-15-16-20-23-29(28(4-2)30(33)24-25-31(34)35)32(36)37-26-27-21-18-17-19-22-27/h17-19,21-22,28-29H,3-16,20,23-26H2,1-2H3,(H,34,35). The van der Waals surface area contributed by atoms with Gasteiger partial charge in [-0.3, -0.25) is 14.4 Å². The average molecular weight is 517 g/mol. The first-order valence-corrected chi connectivity index (χ1v) is 14.9. The summed E-state index contributed by atoms with van der Waals surface area (Å²) >= 11 is 0. The Kier molecular flexibility index (Phi) is 19.4. The molecule has 0 amide bonds. The molecule has 5 nitrogen and oxygen atoms in total. The van der Waals surface area contributed by atoms with Gasteiger partial charge in [0.2, 0.25) is 0 Å². The summed E-state index contributed by atoms with van der Waals surface area (Å²) in [5.41, 5.74) is 0.913. The molecule has 1 rings (SSSR count). The second-order valence-electron chi connectivity index (χ2n) is 10.5. The van der Waals surface area contributed by atoms with Crippen LogP contribution in [0.1, 0.15) is 135 Å². The Morgan fingerprint density at radius 1 is 0.703 bits per heavy atom. The van der Waals surface area contributed by atoms with Crippen molar-refractivity contribution in [1.82, 2.24) is 0 Å². The first-order valence-electron chi connectivity index (χ1n) is 14.9. The first kappa shape index (κ1) is 32.9. The summed E-state index contributed by atoms with van der Waals surface area (Å²) in [5, 5.41) is 8.98. The number of benzene rings is 1. The zero-order chi connectivity index (χ0) is 27.1. The summed E-state index contributed by atoms with van der Waals surface area (Å²) in [4.78, 5) is 36.8. The van der Waals surface area contributed by atoms with E-state index in [4.69, 9.17) is 9.84 Å². The number of carboxylic acid groups (broad SMARTS) is 1. The quantitative estimate of drug-likeness (QED) is 0.110. The first-order chi connectivity index (χ1) is 18.0. The number of unbranched alkanes of at least 4 members (excludes halogenated alkanes) is 13. The lowest BCUT2D eigenvalue weighted by molar-refractivity contribution is -0.154. The SMILES string of the molecule is CCCCCCCCCCCCCCCCC(C(=O)OCc1ccccc1)C(CC)C(=O)CCC(=O)O. The fourth-order valence-electron chi connectivity index (χ4n) is 5.03. The largest absolute Gasteiger partial charge is 0.481 e. The number of ether oxygens (including phenoxy) is 1. The number of Topliss-reactive ketones (excluding diaryl/α,β-unsaturated/α-hetero) is 1. The third kappa shape index (κ3) is 16.3. The summed E-state index contributed by atoms with van der Waals surface area (Å²) < 4.78 is 5.61. The maximum absolute atomic E-state index is 13.0. The van der Waals surface area contributed by atoms with E-state index in [1.807, 2.05) is 37.3 Å². The van der Waals surface area contributed by atoms with Crippen LogP contribution in [0.15, 0.2) is 30.3 Å². The molecule has 0 saturated carbocycles. The van der Waals surface area contributed by atoms with E-state index in [1.165, 1.54) is 70.6 Å². The van der Waals surface area contributed by atoms with E-state index in [-0.39, 0.29) is 31.2 Å². The molecule has 0 aromatic heterocycles. The number of aliphatic carboxylic acids is 1. The zero-order valence-electron chi connectivity index (χ0n) is 23.6. The highest BCUT2D eigenvalue weighted by molar-refractivity contribution is 5.88. The van der Waals surface area contributed by atoms with Gasteiger partial charge in [0.25, 0.3) is 0 Å². The predicted octanol–water partition coefficient (Wildman–Crippen LogP) is 8.68. The van der Waals surface area contributed by atoms with Crippen LogP contribution in [0.25, 0.3) is 0 Å². The summed E-state index contributed by atoms with van der Waals surface area (Å²) in [6.07, 6.45) is 18.7. The van der Waals surface area contributed by atoms with Crippen LogP contribution in [0, 0.1) is 11.8 Å². The number of esters is 1. The number of carbonyl (C=O) groups is 3. The van der Waals surface area contributed by atoms with Gasteiger partial charge in [0.05, 0.1) is 12.3 Å². The molecule has 0 aliphatic carbocycles. The molecule has 0 aliphatic heterocycles. The molecule has 2 atom stereocenters. The fourth-order valence-corrected chi connectivity index (χ4v) is 5.03. The molecule has 0 radical (unpaired) electrons. The topological polar surface area (TPSA) is 80.7 Å². The highest BCUT2D eigenvalue weighted by Crippen LogP contribution is 2.27. The molecule has 37 heavy (non-hydrogen) atoms. The number of carboxylic acids is 1. The van der Waals surface area contributed by atoms with Crippen molar-refractivity contribution in [3.8, 4) is 0 Å². The van der Waals surface area contributed by atoms with E-state index in [2.05, 4.69) is 6.92 Å². The highest BCUT2D eigenvalue weighted by Gasteiger charge is 2.33. The van der Waals surface area contributed by atoms with Gasteiger partial charge in [0.1, 0.15) is 12.4 Å². The maximum atomic E-state index is 13.0. The van der Waals surface area contributed by atoms with Crippen molar-refractivity contribution in [3.05, 3.63) is 35.9 Å². The Morgan fingerprint density at radius 3 is 1.70 bits per heavy atom. The van der Waals surface area contributed by atoms with Crippen LogP contribution in [0.3, 0.4) is 0 Å². The molecule has 0 bridgehead atoms. The minimum Gasteiger partial charge on any atom is -0.481 e. The molecule has 210 valence electrons. The molecule has 1 aromatic rings. The van der Waals surface area contributed by atoms with Crippen molar-refractivity contribution in [2.45, 2.75) is 136 Å². The van der Waals surface area contributed by atoms with Crippen molar-refractivity contribution in [2.75, 3.05) is 0 Å². The second-order valence-corrected chi connectivity index (χ2v) is 10.5. The third-order valence-corrected chi connectivity index (χ3v) is 7.32. The minimum atomic E-state index is -0.988. The molecule has 0 heterocycles. The van der Waals surface area contributed by atoms with Gasteiger partial charge in [-0.15, -0.1) is 0 Å². The van der Waals surface area contributed by atoms with Gasteiger partial charge < -0.3 is 9.84 Å². The Bertz CT molecular complexity index is 730. The molecule has 1 aromatic carbocycles. The maximum Gasteiger partial charge on any atom is 0.309 e. The van der Waals surface area contributed by atoms with E-state index in [0.717, 1.165) is 24.8 Å². The lowest BCUT2D eigenvalue weighted by atomic mass is 9.81. The van der Waals surface area contributed by atoms with Gasteiger partial charge in [0.15, 0.2) is 0 Å². The average Bonchev–Trinajstić information content (AvgIpc) is 2.90. The monoisotopic (exact) mass is 516 g/mol. The van der Waals surface area contributed by atoms with E-state index in [1.54, 1.807) is 0 Å². The van der Waals surface area contributed by atoms with Crippen molar-refractivity contribution < 1.29 is 24.2 Å². The van der Waals surface area contributed by atoms with Gasteiger partial charge in [0, 0.05) is 12.3 Å². The second kappa shape index (κ2) is 21.9. The molecular weight excluding hydrogens is 464 g/mol. The van der Waals surface area contributed by atoms with Gasteiger partial charge in [-0.05, 0) is 18.4 Å². The van der Waals surface area contributed by atoms with Gasteiger partial charge in [-0.25, -0.2) is 0 Å². The number of hydrogen-bond donors (Lipinski definition) is 1. The van der Waals surface area contributed by atoms with Gasteiger partial charge in [-0.2, -0.15) is 0 Å². The van der Waals surface area contributed by atoms with Crippen molar-refractivity contribution in [2.24, 2.45) is 11.8 Å². The summed E-state index contributed by atoms with van der Waals surface area (Å²) in [5.74, 6) is -2.46. The molecule has 0 spiro atoms. The number of ketones is 1. The van der Waals surface area contributed by atoms with Crippen LogP contribution in [0.4, 0.5) is 0 Å². The smallest absolute Gasteiger partial charge is 0.309 e. The Labute approximate surface area is 225 Å². The Morgan fingerprint density at radius 2 is 1.22 bits per heavy atom. The van der Waals surface area contributed by atoms with Crippen LogP contribution in [0.2, 0.25) is 0 Å². The van der Waals surface area contributed by atoms with Crippen LogP contribution >= 0.6 is 0 Å². The van der Waals surface area contributed by atoms with E-state index in [0.29, 0.717) is 12.8 Å². The van der Waals surface area contributed by atoms with E-state index < -0.39 is 17.8 Å². The summed E-state index contributed by atoms with van der Waals surface area (Å²) in [7, 11) is 0. The highest BCUT2D eigenvalue weighted by atomic mass is 16.5. The van der Waals surface area contributed by atoms with E-state index in [9.17, 15) is 14.4 Å². The lowest BCUT2D eigenvalue weighted by Crippen LogP contribution is -2.31. The normalized spacial score (nSPS) is 12.7. The lowest BCUT2D eigenvalue weighted by Gasteiger charge is -2.24. The molecule has 1 N–H and O–H groups in total. The van der Waals surface area contributed by atoms with Crippen molar-refractivity contribution in [3.63, 3.8) is 0 Å². The number of rotatable bonds is 24. The van der Waals surface area contributed by atoms with Crippen molar-refractivity contribution in [1.29, 1.82) is 0 Å². The molecule has 2 unspecified atom stereocenters. The molecule has 0 saturated heterocycles. The number of carbonyl (C=O) groups excluding carboxylic acids is 2. The van der Waals surface area contributed by atoms with E-state index >= 15 is 0 Å². The predicted molar refractivity (Wildman–Crippen MR) is 150 cm³/mol.